The van der Waals surface area contributed by atoms with E-state index in [-0.39, 0.29) is 11.6 Å². The van der Waals surface area contributed by atoms with Crippen molar-refractivity contribution in [1.29, 1.82) is 0 Å². The fourth-order valence-electron chi connectivity index (χ4n) is 1.67. The Morgan fingerprint density at radius 1 is 1.65 bits per heavy atom. The minimum atomic E-state index is -0.706. The van der Waals surface area contributed by atoms with E-state index in [9.17, 15) is 4.21 Å². The molecule has 0 aromatic carbocycles. The summed E-state index contributed by atoms with van der Waals surface area (Å²) < 4.78 is 11.0. The maximum absolute atomic E-state index is 11.0. The van der Waals surface area contributed by atoms with Crippen LogP contribution in [-0.4, -0.2) is 38.7 Å². The number of hydrogen-bond donors (Lipinski definition) is 1. The molecule has 0 bridgehead atoms. The van der Waals surface area contributed by atoms with Crippen molar-refractivity contribution in [1.82, 2.24) is 5.32 Å². The Morgan fingerprint density at radius 3 is 2.94 bits per heavy atom. The van der Waals surface area contributed by atoms with Crippen molar-refractivity contribution in [2.75, 3.05) is 17.8 Å². The lowest BCUT2D eigenvalue weighted by Gasteiger charge is -2.35. The lowest BCUT2D eigenvalue weighted by molar-refractivity contribution is 0.389. The summed E-state index contributed by atoms with van der Waals surface area (Å²) in [5, 5.41) is 4.60. The fourth-order valence-corrected chi connectivity index (χ4v) is 3.66. The number of nitrogens with one attached hydrogen (secondary N) is 1. The summed E-state index contributed by atoms with van der Waals surface area (Å²) in [6.45, 7) is 6.57. The first-order chi connectivity index (χ1) is 7.95. The highest BCUT2D eigenvalue weighted by Gasteiger charge is 2.27. The van der Waals surface area contributed by atoms with Crippen LogP contribution in [-0.2, 0) is 10.8 Å². The second-order valence-electron chi connectivity index (χ2n) is 4.99. The summed E-state index contributed by atoms with van der Waals surface area (Å²) in [7, 11) is -0.706. The zero-order chi connectivity index (χ0) is 12.9. The van der Waals surface area contributed by atoms with Gasteiger partial charge in [0, 0.05) is 34.1 Å². The average molecular weight is 276 g/mol. The topological polar surface area (TPSA) is 41.5 Å². The monoisotopic (exact) mass is 276 g/mol. The molecule has 100 valence electrons. The molecule has 3 nitrogen and oxygen atoms in total. The van der Waals surface area contributed by atoms with Crippen LogP contribution in [0.3, 0.4) is 0 Å². The fraction of sp³-hybridized carbons (Fsp3) is 0.917. The molecule has 0 radical (unpaired) electrons. The van der Waals surface area contributed by atoms with Crippen molar-refractivity contribution >= 4 is 27.7 Å². The average Bonchev–Trinajstić information content (AvgIpc) is 2.26. The zero-order valence-electron chi connectivity index (χ0n) is 11.3. The van der Waals surface area contributed by atoms with Crippen molar-refractivity contribution in [3.8, 4) is 0 Å². The second kappa shape index (κ2) is 6.78. The van der Waals surface area contributed by atoms with Crippen LogP contribution < -0.4 is 5.32 Å². The molecule has 17 heavy (non-hydrogen) atoms. The molecule has 0 aliphatic carbocycles. The van der Waals surface area contributed by atoms with E-state index in [1.165, 1.54) is 6.42 Å². The van der Waals surface area contributed by atoms with Crippen LogP contribution in [0.4, 0.5) is 0 Å². The third-order valence-electron chi connectivity index (χ3n) is 3.24. The molecule has 3 atom stereocenters. The second-order valence-corrected chi connectivity index (χ2v) is 7.63. The number of amidine groups is 1. The van der Waals surface area contributed by atoms with E-state index in [4.69, 9.17) is 0 Å². The van der Waals surface area contributed by atoms with E-state index in [1.54, 1.807) is 18.0 Å². The molecule has 0 amide bonds. The lowest BCUT2D eigenvalue weighted by Crippen LogP contribution is -2.48. The molecule has 0 aromatic rings. The lowest BCUT2D eigenvalue weighted by atomic mass is 9.96. The highest BCUT2D eigenvalue weighted by atomic mass is 32.2. The summed E-state index contributed by atoms with van der Waals surface area (Å²) in [5.74, 6) is 1.89. The predicted molar refractivity (Wildman–Crippen MR) is 79.4 cm³/mol. The summed E-state index contributed by atoms with van der Waals surface area (Å²) in [6.07, 6.45) is 4.97. The third kappa shape index (κ3) is 5.42. The first kappa shape index (κ1) is 15.0. The number of thioether (sulfide) groups is 1. The molecule has 1 fully saturated rings. The van der Waals surface area contributed by atoms with Gasteiger partial charge in [0.25, 0.3) is 0 Å². The van der Waals surface area contributed by atoms with E-state index in [1.807, 2.05) is 0 Å². The van der Waals surface area contributed by atoms with Gasteiger partial charge in [-0.05, 0) is 33.1 Å². The van der Waals surface area contributed by atoms with Crippen LogP contribution in [0.1, 0.15) is 40.0 Å². The van der Waals surface area contributed by atoms with Crippen molar-refractivity contribution < 1.29 is 4.21 Å². The van der Waals surface area contributed by atoms with E-state index >= 15 is 0 Å². The molecule has 3 unspecified atom stereocenters. The van der Waals surface area contributed by atoms with Crippen molar-refractivity contribution in [3.63, 3.8) is 0 Å². The number of nitrogens with zero attached hydrogens (tertiary/aromatic N) is 1. The molecule has 0 saturated carbocycles. The van der Waals surface area contributed by atoms with Gasteiger partial charge in [-0.25, -0.2) is 0 Å². The van der Waals surface area contributed by atoms with Gasteiger partial charge in [0.05, 0.1) is 6.04 Å². The van der Waals surface area contributed by atoms with E-state index in [2.05, 4.69) is 31.1 Å². The van der Waals surface area contributed by atoms with Gasteiger partial charge in [-0.2, -0.15) is 0 Å². The SMILES string of the molecule is CCC1(C)CCSC(=NC(C)CCS(C)=O)N1. The Morgan fingerprint density at radius 2 is 2.35 bits per heavy atom. The van der Waals surface area contributed by atoms with E-state index < -0.39 is 10.8 Å². The van der Waals surface area contributed by atoms with Gasteiger partial charge in [-0.3, -0.25) is 9.20 Å². The molecular weight excluding hydrogens is 252 g/mol. The van der Waals surface area contributed by atoms with Crippen LogP contribution in [0.15, 0.2) is 4.99 Å². The third-order valence-corrected chi connectivity index (χ3v) is 4.94. The Balaban J connectivity index is 2.50. The van der Waals surface area contributed by atoms with Crippen molar-refractivity contribution in [2.45, 2.75) is 51.6 Å². The minimum absolute atomic E-state index is 0.206. The Bertz CT molecular complexity index is 307. The number of hydrogen-bond acceptors (Lipinski definition) is 3. The largest absolute Gasteiger partial charge is 0.360 e. The maximum Gasteiger partial charge on any atom is 0.157 e. The summed E-state index contributed by atoms with van der Waals surface area (Å²) in [4.78, 5) is 4.69. The molecular formula is C12H24N2OS2. The van der Waals surface area contributed by atoms with Crippen molar-refractivity contribution in [2.24, 2.45) is 4.99 Å². The summed E-state index contributed by atoms with van der Waals surface area (Å²) in [5.41, 5.74) is 0.206. The van der Waals surface area contributed by atoms with Gasteiger partial charge >= 0.3 is 0 Å². The standard InChI is InChI=1S/C12H24N2OS2/c1-5-12(3)7-8-16-11(14-12)13-10(2)6-9-17(4)15/h10H,5-9H2,1-4H3,(H,13,14). The van der Waals surface area contributed by atoms with Gasteiger partial charge in [0.2, 0.25) is 0 Å². The minimum Gasteiger partial charge on any atom is -0.360 e. The van der Waals surface area contributed by atoms with Crippen LogP contribution in [0.5, 0.6) is 0 Å². The zero-order valence-corrected chi connectivity index (χ0v) is 12.9. The quantitative estimate of drug-likeness (QED) is 0.838. The molecule has 0 spiro atoms. The molecule has 1 N–H and O–H groups in total. The number of aliphatic imine (C=N–C) groups is 1. The van der Waals surface area contributed by atoms with Crippen LogP contribution in [0.25, 0.3) is 0 Å². The first-order valence-corrected chi connectivity index (χ1v) is 8.95. The highest BCUT2D eigenvalue weighted by molar-refractivity contribution is 8.13. The molecule has 1 aliphatic rings. The van der Waals surface area contributed by atoms with E-state index in [0.717, 1.165) is 29.5 Å². The Kier molecular flexibility index (Phi) is 6.00. The maximum atomic E-state index is 11.0. The van der Waals surface area contributed by atoms with Gasteiger partial charge in [-0.15, -0.1) is 0 Å². The van der Waals surface area contributed by atoms with E-state index in [0.29, 0.717) is 0 Å². The van der Waals surface area contributed by atoms with Gasteiger partial charge < -0.3 is 5.32 Å². The molecule has 1 heterocycles. The van der Waals surface area contributed by atoms with Crippen LogP contribution in [0, 0.1) is 0 Å². The molecule has 0 aromatic heterocycles. The summed E-state index contributed by atoms with van der Waals surface area (Å²) >= 11 is 1.81. The smallest absolute Gasteiger partial charge is 0.157 e. The molecule has 1 saturated heterocycles. The molecule has 1 aliphatic heterocycles. The predicted octanol–water partition coefficient (Wildman–Crippen LogP) is 2.39. The van der Waals surface area contributed by atoms with Gasteiger partial charge in [-0.1, -0.05) is 18.7 Å². The Labute approximate surface area is 112 Å². The highest BCUT2D eigenvalue weighted by Crippen LogP contribution is 2.25. The Hall–Kier alpha value is -0.0300. The van der Waals surface area contributed by atoms with Crippen LogP contribution in [0.2, 0.25) is 0 Å². The molecule has 1 rings (SSSR count). The normalized spacial score (nSPS) is 30.9. The van der Waals surface area contributed by atoms with Crippen molar-refractivity contribution in [3.05, 3.63) is 0 Å². The molecule has 5 heteroatoms. The van der Waals surface area contributed by atoms with Gasteiger partial charge in [0.15, 0.2) is 5.17 Å². The first-order valence-electron chi connectivity index (χ1n) is 6.24. The van der Waals surface area contributed by atoms with Gasteiger partial charge in [0.1, 0.15) is 0 Å². The summed E-state index contributed by atoms with van der Waals surface area (Å²) in [6, 6.07) is 0.258. The van der Waals surface area contributed by atoms with Crippen LogP contribution >= 0.6 is 11.8 Å². The number of rotatable bonds is 5.